The van der Waals surface area contributed by atoms with Crippen LogP contribution in [0.3, 0.4) is 0 Å². The van der Waals surface area contributed by atoms with Crippen LogP contribution in [0.2, 0.25) is 0 Å². The quantitative estimate of drug-likeness (QED) is 0.508. The summed E-state index contributed by atoms with van der Waals surface area (Å²) >= 11 is 6.20. The van der Waals surface area contributed by atoms with Crippen molar-refractivity contribution in [3.63, 3.8) is 0 Å². The van der Waals surface area contributed by atoms with Crippen molar-refractivity contribution in [1.29, 1.82) is 5.26 Å². The predicted molar refractivity (Wildman–Crippen MR) is 65.7 cm³/mol. The van der Waals surface area contributed by atoms with Gasteiger partial charge in [0.25, 0.3) is 0 Å². The summed E-state index contributed by atoms with van der Waals surface area (Å²) in [6.45, 7) is 9.00. The summed E-state index contributed by atoms with van der Waals surface area (Å²) in [4.78, 5) is 0. The molecule has 0 aliphatic carbocycles. The van der Waals surface area contributed by atoms with Gasteiger partial charge in [-0.1, -0.05) is 0 Å². The van der Waals surface area contributed by atoms with E-state index in [9.17, 15) is 0 Å². The van der Waals surface area contributed by atoms with Gasteiger partial charge in [0.1, 0.15) is 0 Å². The van der Waals surface area contributed by atoms with Crippen molar-refractivity contribution in [2.75, 3.05) is 6.61 Å². The molecule has 0 heterocycles. The minimum absolute atomic E-state index is 0.379. The van der Waals surface area contributed by atoms with Crippen molar-refractivity contribution >= 4 is 18.9 Å². The molecule has 0 aromatic heterocycles. The standard InChI is InChI=1S/C10H20ClN2OP/c1-9(2)13(10(3)4)15(11)14-8-6-5-7-12/h9-10H,5-6,8H2,1-4H3. The van der Waals surface area contributed by atoms with E-state index in [0.717, 1.165) is 6.42 Å². The Morgan fingerprint density at radius 3 is 2.27 bits per heavy atom. The Labute approximate surface area is 99.0 Å². The highest BCUT2D eigenvalue weighted by Gasteiger charge is 2.23. The Balaban J connectivity index is 3.94. The van der Waals surface area contributed by atoms with Gasteiger partial charge in [0, 0.05) is 18.5 Å². The van der Waals surface area contributed by atoms with Crippen molar-refractivity contribution < 1.29 is 4.52 Å². The number of nitriles is 1. The number of halogens is 1. The third kappa shape index (κ3) is 6.33. The molecule has 88 valence electrons. The second-order valence-corrected chi connectivity index (χ2v) is 5.93. The number of nitrogens with zero attached hydrogens (tertiary/aromatic N) is 2. The molecular formula is C10H20ClN2OP. The minimum atomic E-state index is -1.04. The predicted octanol–water partition coefficient (Wildman–Crippen LogP) is 3.89. The molecule has 1 atom stereocenters. The molecule has 0 N–H and O–H groups in total. The van der Waals surface area contributed by atoms with Gasteiger partial charge in [-0.15, -0.1) is 0 Å². The molecule has 0 aliphatic heterocycles. The van der Waals surface area contributed by atoms with Crippen LogP contribution in [0, 0.1) is 11.3 Å². The first kappa shape index (κ1) is 15.1. The highest BCUT2D eigenvalue weighted by molar-refractivity contribution is 7.78. The molecule has 0 spiro atoms. The molecule has 0 aliphatic rings. The first-order chi connectivity index (χ1) is 7.00. The monoisotopic (exact) mass is 250 g/mol. The molecule has 0 fully saturated rings. The average molecular weight is 251 g/mol. The molecule has 0 amide bonds. The van der Waals surface area contributed by atoms with Gasteiger partial charge in [-0.25, -0.2) is 4.67 Å². The highest BCUT2D eigenvalue weighted by Crippen LogP contribution is 2.49. The number of unbranched alkanes of at least 4 members (excludes halogenated alkanes) is 1. The van der Waals surface area contributed by atoms with E-state index >= 15 is 0 Å². The highest BCUT2D eigenvalue weighted by atomic mass is 35.7. The summed E-state index contributed by atoms with van der Waals surface area (Å²) in [7, 11) is -1.04. The van der Waals surface area contributed by atoms with Gasteiger partial charge in [0.2, 0.25) is 7.65 Å². The molecule has 15 heavy (non-hydrogen) atoms. The van der Waals surface area contributed by atoms with E-state index in [1.165, 1.54) is 0 Å². The fourth-order valence-corrected chi connectivity index (χ4v) is 3.71. The zero-order chi connectivity index (χ0) is 11.8. The topological polar surface area (TPSA) is 36.3 Å². The van der Waals surface area contributed by atoms with Gasteiger partial charge in [-0.2, -0.15) is 5.26 Å². The summed E-state index contributed by atoms with van der Waals surface area (Å²) in [5, 5.41) is 8.37. The average Bonchev–Trinajstić information content (AvgIpc) is 2.11. The van der Waals surface area contributed by atoms with Crippen molar-refractivity contribution in [2.24, 2.45) is 0 Å². The van der Waals surface area contributed by atoms with Gasteiger partial charge < -0.3 is 4.52 Å². The van der Waals surface area contributed by atoms with E-state index in [0.29, 0.717) is 25.1 Å². The third-order valence-corrected chi connectivity index (χ3v) is 4.37. The SMILES string of the molecule is CC(C)N(C(C)C)P(Cl)OCCCC#N. The molecule has 0 radical (unpaired) electrons. The molecule has 3 nitrogen and oxygen atoms in total. The van der Waals surface area contributed by atoms with Crippen LogP contribution in [0.25, 0.3) is 0 Å². The van der Waals surface area contributed by atoms with Crippen molar-refractivity contribution in [2.45, 2.75) is 52.6 Å². The van der Waals surface area contributed by atoms with Crippen LogP contribution in [-0.2, 0) is 4.52 Å². The second kappa shape index (κ2) is 8.30. The molecule has 0 rings (SSSR count). The van der Waals surface area contributed by atoms with Gasteiger partial charge in [0.05, 0.1) is 12.7 Å². The van der Waals surface area contributed by atoms with E-state index in [2.05, 4.69) is 38.4 Å². The fraction of sp³-hybridized carbons (Fsp3) is 0.900. The van der Waals surface area contributed by atoms with E-state index < -0.39 is 7.65 Å². The Bertz CT molecular complexity index is 198. The van der Waals surface area contributed by atoms with Crippen LogP contribution in [0.4, 0.5) is 0 Å². The van der Waals surface area contributed by atoms with Crippen LogP contribution in [0.5, 0.6) is 0 Å². The number of rotatable bonds is 7. The van der Waals surface area contributed by atoms with Gasteiger partial charge in [-0.3, -0.25) is 0 Å². The van der Waals surface area contributed by atoms with Crippen LogP contribution in [-0.4, -0.2) is 23.4 Å². The Morgan fingerprint density at radius 1 is 1.33 bits per heavy atom. The van der Waals surface area contributed by atoms with E-state index in [-0.39, 0.29) is 0 Å². The van der Waals surface area contributed by atoms with Gasteiger partial charge >= 0.3 is 0 Å². The van der Waals surface area contributed by atoms with Gasteiger partial charge in [-0.05, 0) is 45.4 Å². The molecule has 0 aromatic carbocycles. The lowest BCUT2D eigenvalue weighted by molar-refractivity contribution is 0.261. The summed E-state index contributed by atoms with van der Waals surface area (Å²) in [5.74, 6) is 0. The Morgan fingerprint density at radius 2 is 1.87 bits per heavy atom. The first-order valence-electron chi connectivity index (χ1n) is 5.24. The normalized spacial score (nSPS) is 13.5. The summed E-state index contributed by atoms with van der Waals surface area (Å²) < 4.78 is 7.69. The first-order valence-corrected chi connectivity index (χ1v) is 7.36. The van der Waals surface area contributed by atoms with Crippen molar-refractivity contribution in [1.82, 2.24) is 4.67 Å². The van der Waals surface area contributed by atoms with Crippen molar-refractivity contribution in [3.8, 4) is 6.07 Å². The zero-order valence-corrected chi connectivity index (χ0v) is 11.6. The Kier molecular flexibility index (Phi) is 8.37. The van der Waals surface area contributed by atoms with Crippen molar-refractivity contribution in [3.05, 3.63) is 0 Å². The van der Waals surface area contributed by atoms with Crippen LogP contribution in [0.15, 0.2) is 0 Å². The molecule has 1 unspecified atom stereocenters. The maximum absolute atomic E-state index is 8.37. The molecule has 5 heteroatoms. The molecule has 0 aromatic rings. The third-order valence-electron chi connectivity index (χ3n) is 1.87. The lowest BCUT2D eigenvalue weighted by Gasteiger charge is -2.32. The smallest absolute Gasteiger partial charge is 0.207 e. The maximum atomic E-state index is 8.37. The minimum Gasteiger partial charge on any atom is -0.331 e. The lowest BCUT2D eigenvalue weighted by Crippen LogP contribution is -2.31. The molecular weight excluding hydrogens is 231 g/mol. The summed E-state index contributed by atoms with van der Waals surface area (Å²) in [5.41, 5.74) is 0. The zero-order valence-electron chi connectivity index (χ0n) is 9.90. The fourth-order valence-electron chi connectivity index (χ4n) is 1.32. The summed E-state index contributed by atoms with van der Waals surface area (Å²) in [6.07, 6.45) is 1.29. The van der Waals surface area contributed by atoms with Crippen LogP contribution < -0.4 is 0 Å². The summed E-state index contributed by atoms with van der Waals surface area (Å²) in [6, 6.07) is 2.85. The number of hydrogen-bond acceptors (Lipinski definition) is 3. The molecule has 0 bridgehead atoms. The van der Waals surface area contributed by atoms with E-state index in [1.54, 1.807) is 0 Å². The molecule has 0 saturated heterocycles. The number of hydrogen-bond donors (Lipinski definition) is 0. The van der Waals surface area contributed by atoms with Crippen LogP contribution in [0.1, 0.15) is 40.5 Å². The molecule has 0 saturated carbocycles. The van der Waals surface area contributed by atoms with E-state index in [4.69, 9.17) is 21.0 Å². The van der Waals surface area contributed by atoms with Crippen LogP contribution >= 0.6 is 18.9 Å². The second-order valence-electron chi connectivity index (χ2n) is 3.89. The maximum Gasteiger partial charge on any atom is 0.207 e. The van der Waals surface area contributed by atoms with Gasteiger partial charge in [0.15, 0.2) is 0 Å². The van der Waals surface area contributed by atoms with E-state index in [1.807, 2.05) is 0 Å². The lowest BCUT2D eigenvalue weighted by atomic mass is 10.3. The Hall–Kier alpha value is 0.130. The largest absolute Gasteiger partial charge is 0.331 e.